The Morgan fingerprint density at radius 1 is 1.50 bits per heavy atom. The van der Waals surface area contributed by atoms with E-state index in [0.717, 1.165) is 0 Å². The van der Waals surface area contributed by atoms with E-state index in [-0.39, 0.29) is 22.8 Å². The van der Waals surface area contributed by atoms with Crippen molar-refractivity contribution >= 4 is 17.4 Å². The van der Waals surface area contributed by atoms with Gasteiger partial charge in [0.15, 0.2) is 22.4 Å². The summed E-state index contributed by atoms with van der Waals surface area (Å²) in [6, 6.07) is 3.09. The molecule has 6 heteroatoms. The summed E-state index contributed by atoms with van der Waals surface area (Å²) in [5, 5.41) is 4.31. The van der Waals surface area contributed by atoms with Crippen LogP contribution in [-0.4, -0.2) is 22.7 Å². The Hall–Kier alpha value is -1.75. The number of ketones is 1. The molecule has 18 heavy (non-hydrogen) atoms. The van der Waals surface area contributed by atoms with Crippen molar-refractivity contribution in [3.05, 3.63) is 35.0 Å². The zero-order valence-electron chi connectivity index (χ0n) is 10.3. The molecular formula is C12H13ClN2O3. The molecule has 0 bridgehead atoms. The van der Waals surface area contributed by atoms with Crippen molar-refractivity contribution < 1.29 is 13.9 Å². The molecule has 0 N–H and O–H groups in total. The summed E-state index contributed by atoms with van der Waals surface area (Å²) in [5.74, 6) is 0.284. The molecule has 0 saturated heterocycles. The third kappa shape index (κ3) is 2.13. The molecule has 5 nitrogen and oxygen atoms in total. The average molecular weight is 269 g/mol. The van der Waals surface area contributed by atoms with Gasteiger partial charge in [-0.2, -0.15) is 5.10 Å². The van der Waals surface area contributed by atoms with Gasteiger partial charge in [-0.25, -0.2) is 0 Å². The van der Waals surface area contributed by atoms with Gasteiger partial charge < -0.3 is 9.15 Å². The fourth-order valence-electron chi connectivity index (χ4n) is 1.66. The summed E-state index contributed by atoms with van der Waals surface area (Å²) in [5.41, 5.74) is 0.360. The first-order chi connectivity index (χ1) is 8.54. The maximum absolute atomic E-state index is 12.3. The number of nitrogens with zero attached hydrogens (tertiary/aromatic N) is 2. The van der Waals surface area contributed by atoms with Crippen LogP contribution in [0.3, 0.4) is 0 Å². The topological polar surface area (TPSA) is 57.3 Å². The molecule has 2 rings (SSSR count). The van der Waals surface area contributed by atoms with Crippen molar-refractivity contribution in [1.29, 1.82) is 0 Å². The molecule has 2 aromatic rings. The fraction of sp³-hybridized carbons (Fsp3) is 0.333. The van der Waals surface area contributed by atoms with Gasteiger partial charge in [0.2, 0.25) is 5.78 Å². The molecule has 0 aliphatic carbocycles. The fourth-order valence-corrected chi connectivity index (χ4v) is 1.80. The number of halogens is 1. The lowest BCUT2D eigenvalue weighted by molar-refractivity contribution is 0.0994. The largest absolute Gasteiger partial charge is 0.493 e. The maximum atomic E-state index is 12.3. The number of carbonyl (C=O) groups is 1. The van der Waals surface area contributed by atoms with Crippen LogP contribution in [-0.2, 0) is 0 Å². The Balaban J connectivity index is 2.49. The summed E-state index contributed by atoms with van der Waals surface area (Å²) in [7, 11) is 1.49. The van der Waals surface area contributed by atoms with Crippen LogP contribution in [0.1, 0.15) is 36.1 Å². The Kier molecular flexibility index (Phi) is 3.43. The molecule has 0 amide bonds. The molecule has 96 valence electrons. The summed E-state index contributed by atoms with van der Waals surface area (Å²) in [6.07, 6.45) is 1.51. The van der Waals surface area contributed by atoms with Crippen molar-refractivity contribution in [2.24, 2.45) is 0 Å². The molecule has 0 atom stereocenters. The zero-order valence-corrected chi connectivity index (χ0v) is 11.1. The summed E-state index contributed by atoms with van der Waals surface area (Å²) in [4.78, 5) is 12.3. The SMILES string of the molecule is COc1cnn(C(C)C)c1C(=O)c1ccc(Cl)o1. The number of methoxy groups -OCH3 is 1. The number of furan rings is 1. The first-order valence-corrected chi connectivity index (χ1v) is 5.84. The number of rotatable bonds is 4. The van der Waals surface area contributed by atoms with E-state index in [1.54, 1.807) is 4.68 Å². The van der Waals surface area contributed by atoms with E-state index in [0.29, 0.717) is 11.4 Å². The quantitative estimate of drug-likeness (QED) is 0.800. The second-order valence-electron chi connectivity index (χ2n) is 4.03. The molecule has 0 aliphatic heterocycles. The Bertz CT molecular complexity index is 572. The summed E-state index contributed by atoms with van der Waals surface area (Å²) < 4.78 is 11.9. The van der Waals surface area contributed by atoms with Gasteiger partial charge >= 0.3 is 0 Å². The molecule has 2 heterocycles. The molecule has 0 unspecified atom stereocenters. The van der Waals surface area contributed by atoms with E-state index in [1.807, 2.05) is 13.8 Å². The van der Waals surface area contributed by atoms with Crippen molar-refractivity contribution in [2.45, 2.75) is 19.9 Å². The maximum Gasteiger partial charge on any atom is 0.250 e. The van der Waals surface area contributed by atoms with Crippen LogP contribution >= 0.6 is 11.6 Å². The van der Waals surface area contributed by atoms with Crippen LogP contribution in [0, 0.1) is 0 Å². The third-order valence-corrected chi connectivity index (χ3v) is 2.69. The smallest absolute Gasteiger partial charge is 0.250 e. The molecule has 0 spiro atoms. The minimum absolute atomic E-state index is 0.0401. The number of ether oxygens (including phenoxy) is 1. The molecular weight excluding hydrogens is 256 g/mol. The standard InChI is InChI=1S/C12H13ClN2O3/c1-7(2)15-11(9(17-3)6-14-15)12(16)8-4-5-10(13)18-8/h4-7H,1-3H3. The van der Waals surface area contributed by atoms with E-state index in [2.05, 4.69) is 5.10 Å². The van der Waals surface area contributed by atoms with Crippen LogP contribution in [0.2, 0.25) is 5.22 Å². The second kappa shape index (κ2) is 4.86. The third-order valence-electron chi connectivity index (χ3n) is 2.48. The number of carbonyl (C=O) groups excluding carboxylic acids is 1. The van der Waals surface area contributed by atoms with Gasteiger partial charge in [-0.05, 0) is 37.6 Å². The van der Waals surface area contributed by atoms with Crippen LogP contribution in [0.15, 0.2) is 22.7 Å². The Morgan fingerprint density at radius 2 is 2.22 bits per heavy atom. The summed E-state index contributed by atoms with van der Waals surface area (Å²) >= 11 is 5.67. The van der Waals surface area contributed by atoms with Gasteiger partial charge in [0.1, 0.15) is 0 Å². The van der Waals surface area contributed by atoms with E-state index >= 15 is 0 Å². The van der Waals surface area contributed by atoms with Crippen molar-refractivity contribution in [1.82, 2.24) is 9.78 Å². The van der Waals surface area contributed by atoms with E-state index in [4.69, 9.17) is 20.8 Å². The van der Waals surface area contributed by atoms with Crippen LogP contribution in [0.25, 0.3) is 0 Å². The molecule has 0 radical (unpaired) electrons. The highest BCUT2D eigenvalue weighted by Gasteiger charge is 2.24. The van der Waals surface area contributed by atoms with Gasteiger partial charge in [0.05, 0.1) is 13.3 Å². The van der Waals surface area contributed by atoms with Gasteiger partial charge in [-0.3, -0.25) is 9.48 Å². The number of hydrogen-bond donors (Lipinski definition) is 0. The molecule has 0 fully saturated rings. The molecule has 0 aliphatic rings. The minimum atomic E-state index is -0.301. The lowest BCUT2D eigenvalue weighted by Gasteiger charge is -2.10. The lowest BCUT2D eigenvalue weighted by atomic mass is 10.2. The monoisotopic (exact) mass is 268 g/mol. The van der Waals surface area contributed by atoms with Gasteiger partial charge in [0.25, 0.3) is 0 Å². The number of aromatic nitrogens is 2. The predicted molar refractivity (Wildman–Crippen MR) is 66.3 cm³/mol. The predicted octanol–water partition coefficient (Wildman–Crippen LogP) is 2.95. The van der Waals surface area contributed by atoms with Crippen LogP contribution < -0.4 is 4.74 Å². The van der Waals surface area contributed by atoms with Crippen molar-refractivity contribution in [3.8, 4) is 5.75 Å². The highest BCUT2D eigenvalue weighted by Crippen LogP contribution is 2.25. The Morgan fingerprint density at radius 3 is 2.72 bits per heavy atom. The lowest BCUT2D eigenvalue weighted by Crippen LogP contribution is -2.13. The zero-order chi connectivity index (χ0) is 13.3. The molecule has 2 aromatic heterocycles. The van der Waals surface area contributed by atoms with Crippen LogP contribution in [0.4, 0.5) is 0 Å². The first kappa shape index (κ1) is 12.7. The van der Waals surface area contributed by atoms with Crippen LogP contribution in [0.5, 0.6) is 5.75 Å². The van der Waals surface area contributed by atoms with Gasteiger partial charge in [0, 0.05) is 6.04 Å². The first-order valence-electron chi connectivity index (χ1n) is 5.46. The average Bonchev–Trinajstić information content (AvgIpc) is 2.93. The van der Waals surface area contributed by atoms with E-state index < -0.39 is 0 Å². The van der Waals surface area contributed by atoms with Gasteiger partial charge in [-0.1, -0.05) is 0 Å². The highest BCUT2D eigenvalue weighted by atomic mass is 35.5. The van der Waals surface area contributed by atoms with Gasteiger partial charge in [-0.15, -0.1) is 0 Å². The van der Waals surface area contributed by atoms with Crippen molar-refractivity contribution in [2.75, 3.05) is 7.11 Å². The Labute approximate surface area is 109 Å². The van der Waals surface area contributed by atoms with E-state index in [9.17, 15) is 4.79 Å². The highest BCUT2D eigenvalue weighted by molar-refractivity contribution is 6.29. The minimum Gasteiger partial charge on any atom is -0.493 e. The van der Waals surface area contributed by atoms with Crippen molar-refractivity contribution in [3.63, 3.8) is 0 Å². The second-order valence-corrected chi connectivity index (χ2v) is 4.41. The normalized spacial score (nSPS) is 10.9. The summed E-state index contributed by atoms with van der Waals surface area (Å²) in [6.45, 7) is 3.86. The van der Waals surface area contributed by atoms with E-state index in [1.165, 1.54) is 25.4 Å². The molecule has 0 aromatic carbocycles. The number of hydrogen-bond acceptors (Lipinski definition) is 4. The molecule has 0 saturated carbocycles.